The summed E-state index contributed by atoms with van der Waals surface area (Å²) in [6.07, 6.45) is 0. The third kappa shape index (κ3) is 3.19. The summed E-state index contributed by atoms with van der Waals surface area (Å²) in [7, 11) is -4.33. The molecular formula is C14H8CuO6S. The molecule has 2 aromatic rings. The second-order valence-electron chi connectivity index (χ2n) is 4.07. The molecule has 0 aliphatic heterocycles. The zero-order chi connectivity index (χ0) is 15.6. The molecule has 1 radical (unpaired) electrons. The van der Waals surface area contributed by atoms with Gasteiger partial charge in [-0.25, -0.2) is 8.42 Å². The Labute approximate surface area is 136 Å². The molecule has 0 spiro atoms. The van der Waals surface area contributed by atoms with Gasteiger partial charge in [-0.15, -0.1) is 0 Å². The van der Waals surface area contributed by atoms with Crippen LogP contribution in [0.1, 0.15) is 20.7 Å². The Balaban J connectivity index is 0.00000242. The second kappa shape index (κ2) is 6.74. The van der Waals surface area contributed by atoms with Crippen molar-refractivity contribution in [3.05, 3.63) is 59.7 Å². The summed E-state index contributed by atoms with van der Waals surface area (Å²) >= 11 is 0. The number of benzene rings is 2. The van der Waals surface area contributed by atoms with Crippen LogP contribution in [0, 0.1) is 0 Å². The third-order valence-corrected chi connectivity index (χ3v) is 4.66. The van der Waals surface area contributed by atoms with Crippen molar-refractivity contribution in [3.8, 4) is 0 Å². The minimum Gasteiger partial charge on any atom is -0.545 e. The van der Waals surface area contributed by atoms with E-state index >= 15 is 0 Å². The van der Waals surface area contributed by atoms with Gasteiger partial charge >= 0.3 is 17.1 Å². The molecule has 2 rings (SSSR count). The minimum absolute atomic E-state index is 0. The van der Waals surface area contributed by atoms with Gasteiger partial charge < -0.3 is 19.8 Å². The van der Waals surface area contributed by atoms with Crippen molar-refractivity contribution < 1.29 is 45.3 Å². The van der Waals surface area contributed by atoms with Crippen molar-refractivity contribution in [1.29, 1.82) is 0 Å². The molecule has 6 nitrogen and oxygen atoms in total. The number of carboxylic acid groups (broad SMARTS) is 2. The smallest absolute Gasteiger partial charge is 0.545 e. The Hall–Kier alpha value is -2.15. The van der Waals surface area contributed by atoms with Crippen LogP contribution in [0.2, 0.25) is 0 Å². The van der Waals surface area contributed by atoms with Gasteiger partial charge in [0, 0.05) is 11.1 Å². The van der Waals surface area contributed by atoms with Gasteiger partial charge in [-0.1, -0.05) is 36.4 Å². The summed E-state index contributed by atoms with van der Waals surface area (Å²) in [6.45, 7) is 0. The minimum atomic E-state index is -4.33. The van der Waals surface area contributed by atoms with Crippen LogP contribution in [-0.2, 0) is 26.9 Å². The average Bonchev–Trinajstić information content (AvgIpc) is 2.47. The Bertz CT molecular complexity index is 765. The van der Waals surface area contributed by atoms with Gasteiger partial charge in [0.2, 0.25) is 9.84 Å². The van der Waals surface area contributed by atoms with Crippen LogP contribution in [0.25, 0.3) is 0 Å². The van der Waals surface area contributed by atoms with Crippen molar-refractivity contribution in [3.63, 3.8) is 0 Å². The van der Waals surface area contributed by atoms with E-state index in [1.165, 1.54) is 24.3 Å². The quantitative estimate of drug-likeness (QED) is 0.656. The summed E-state index contributed by atoms with van der Waals surface area (Å²) in [5, 5.41) is 22.0. The van der Waals surface area contributed by atoms with Crippen LogP contribution < -0.4 is 10.2 Å². The zero-order valence-electron chi connectivity index (χ0n) is 10.8. The molecule has 0 N–H and O–H groups in total. The standard InChI is InChI=1S/C14H10O6S.Cu/c15-13(16)9-5-1-3-7-11(9)21(19,20)12-8-4-2-6-10(12)14(17)18;/h1-8H,(H,15,16)(H,17,18);/q;+2/p-2. The largest absolute Gasteiger partial charge is 2.00 e. The molecule has 117 valence electrons. The van der Waals surface area contributed by atoms with Gasteiger partial charge in [-0.3, -0.25) is 0 Å². The molecule has 0 bridgehead atoms. The molecule has 0 saturated heterocycles. The van der Waals surface area contributed by atoms with E-state index in [-0.39, 0.29) is 17.1 Å². The molecule has 0 fully saturated rings. The van der Waals surface area contributed by atoms with Crippen molar-refractivity contribution in [2.75, 3.05) is 0 Å². The van der Waals surface area contributed by atoms with E-state index in [0.717, 1.165) is 24.3 Å². The monoisotopic (exact) mass is 367 g/mol. The van der Waals surface area contributed by atoms with Crippen molar-refractivity contribution >= 4 is 21.8 Å². The fourth-order valence-corrected chi connectivity index (χ4v) is 3.49. The third-order valence-electron chi connectivity index (χ3n) is 2.79. The van der Waals surface area contributed by atoms with Crippen LogP contribution in [0.5, 0.6) is 0 Å². The number of carbonyl (C=O) groups excluding carboxylic acids is 2. The van der Waals surface area contributed by atoms with E-state index in [1.54, 1.807) is 0 Å². The number of carbonyl (C=O) groups is 2. The SMILES string of the molecule is O=C([O-])c1ccccc1S(=O)(=O)c1ccccc1C(=O)[O-].[Cu+2]. The molecule has 0 heterocycles. The fraction of sp³-hybridized carbons (Fsp3) is 0. The van der Waals surface area contributed by atoms with E-state index in [2.05, 4.69) is 0 Å². The van der Waals surface area contributed by atoms with E-state index in [1.807, 2.05) is 0 Å². The molecule has 0 amide bonds. The first kappa shape index (κ1) is 17.9. The maximum absolute atomic E-state index is 12.5. The summed E-state index contributed by atoms with van der Waals surface area (Å²) in [5.74, 6) is -3.33. The molecule has 0 aromatic heterocycles. The maximum atomic E-state index is 12.5. The fourth-order valence-electron chi connectivity index (χ4n) is 1.86. The van der Waals surface area contributed by atoms with Gasteiger partial charge in [0.15, 0.2) is 0 Å². The Morgan fingerprint density at radius 3 is 1.36 bits per heavy atom. The maximum Gasteiger partial charge on any atom is 2.00 e. The molecule has 0 aliphatic rings. The molecule has 0 saturated carbocycles. The van der Waals surface area contributed by atoms with E-state index in [0.29, 0.717) is 0 Å². The van der Waals surface area contributed by atoms with Crippen LogP contribution in [0.4, 0.5) is 0 Å². The molecule has 8 heteroatoms. The van der Waals surface area contributed by atoms with E-state index in [9.17, 15) is 28.2 Å². The summed E-state index contributed by atoms with van der Waals surface area (Å²) < 4.78 is 25.0. The van der Waals surface area contributed by atoms with E-state index < -0.39 is 42.7 Å². The molecule has 0 atom stereocenters. The van der Waals surface area contributed by atoms with Gasteiger partial charge in [0.25, 0.3) is 0 Å². The molecule has 22 heavy (non-hydrogen) atoms. The van der Waals surface area contributed by atoms with Gasteiger partial charge in [-0.05, 0) is 12.1 Å². The number of aromatic carboxylic acids is 2. The Kier molecular flexibility index (Phi) is 5.48. The number of rotatable bonds is 4. The predicted molar refractivity (Wildman–Crippen MR) is 67.0 cm³/mol. The molecule has 0 aliphatic carbocycles. The Morgan fingerprint density at radius 2 is 1.05 bits per heavy atom. The zero-order valence-corrected chi connectivity index (χ0v) is 12.5. The number of hydrogen-bond acceptors (Lipinski definition) is 6. The normalized spacial score (nSPS) is 10.5. The molecular weight excluding hydrogens is 360 g/mol. The van der Waals surface area contributed by atoms with Crippen molar-refractivity contribution in [2.24, 2.45) is 0 Å². The van der Waals surface area contributed by atoms with Crippen molar-refractivity contribution in [2.45, 2.75) is 9.79 Å². The first-order valence-corrected chi connectivity index (χ1v) is 7.20. The topological polar surface area (TPSA) is 114 Å². The van der Waals surface area contributed by atoms with Gasteiger partial charge in [0.1, 0.15) is 0 Å². The van der Waals surface area contributed by atoms with Crippen LogP contribution in [-0.4, -0.2) is 20.4 Å². The first-order valence-electron chi connectivity index (χ1n) is 5.71. The van der Waals surface area contributed by atoms with E-state index in [4.69, 9.17) is 0 Å². The van der Waals surface area contributed by atoms with Crippen molar-refractivity contribution in [1.82, 2.24) is 0 Å². The van der Waals surface area contributed by atoms with Crippen LogP contribution in [0.3, 0.4) is 0 Å². The average molecular weight is 368 g/mol. The molecule has 2 aromatic carbocycles. The number of sulfone groups is 1. The number of hydrogen-bond donors (Lipinski definition) is 0. The van der Waals surface area contributed by atoms with Crippen LogP contribution >= 0.6 is 0 Å². The summed E-state index contributed by atoms with van der Waals surface area (Å²) in [4.78, 5) is 21.0. The second-order valence-corrected chi connectivity index (χ2v) is 5.96. The van der Waals surface area contributed by atoms with Gasteiger partial charge in [0.05, 0.1) is 21.7 Å². The number of carboxylic acids is 2. The Morgan fingerprint density at radius 1 is 0.727 bits per heavy atom. The molecule has 0 unspecified atom stereocenters. The van der Waals surface area contributed by atoms with Gasteiger partial charge in [-0.2, -0.15) is 0 Å². The van der Waals surface area contributed by atoms with Crippen LogP contribution in [0.15, 0.2) is 58.3 Å². The first-order chi connectivity index (χ1) is 9.85. The summed E-state index contributed by atoms with van der Waals surface area (Å²) in [5.41, 5.74) is -1.07. The predicted octanol–water partition coefficient (Wildman–Crippen LogP) is -0.756. The summed E-state index contributed by atoms with van der Waals surface area (Å²) in [6, 6.07) is 9.65.